The fourth-order valence-corrected chi connectivity index (χ4v) is 2.67. The quantitative estimate of drug-likeness (QED) is 0.847. The van der Waals surface area contributed by atoms with Crippen LogP contribution in [0.2, 0.25) is 0 Å². The van der Waals surface area contributed by atoms with Crippen LogP contribution in [0.3, 0.4) is 0 Å². The van der Waals surface area contributed by atoms with Gasteiger partial charge >= 0.3 is 0 Å². The van der Waals surface area contributed by atoms with Gasteiger partial charge in [0.05, 0.1) is 19.8 Å². The van der Waals surface area contributed by atoms with Crippen molar-refractivity contribution in [1.29, 1.82) is 0 Å². The molecule has 1 unspecified atom stereocenters. The highest BCUT2D eigenvalue weighted by Crippen LogP contribution is 2.26. The van der Waals surface area contributed by atoms with Gasteiger partial charge in [-0.1, -0.05) is 60.7 Å². The summed E-state index contributed by atoms with van der Waals surface area (Å²) >= 11 is 0. The Hall–Kier alpha value is -1.79. The SMILES string of the molecule is OC1O[C@H](COCc2ccccc2)[C@@H](OCc2ccccc2)[C@@H]1F. The van der Waals surface area contributed by atoms with E-state index < -0.39 is 24.7 Å². The van der Waals surface area contributed by atoms with Crippen molar-refractivity contribution in [2.45, 2.75) is 37.9 Å². The first-order chi connectivity index (χ1) is 11.7. The lowest BCUT2D eigenvalue weighted by molar-refractivity contribution is -0.129. The highest BCUT2D eigenvalue weighted by Gasteiger charge is 2.45. The molecule has 0 radical (unpaired) electrons. The van der Waals surface area contributed by atoms with E-state index >= 15 is 0 Å². The van der Waals surface area contributed by atoms with E-state index in [0.717, 1.165) is 11.1 Å². The molecule has 1 fully saturated rings. The van der Waals surface area contributed by atoms with Crippen LogP contribution in [0.25, 0.3) is 0 Å². The topological polar surface area (TPSA) is 47.9 Å². The summed E-state index contributed by atoms with van der Waals surface area (Å²) in [4.78, 5) is 0. The molecule has 1 saturated heterocycles. The molecule has 0 spiro atoms. The minimum absolute atomic E-state index is 0.159. The number of ether oxygens (including phenoxy) is 3. The molecule has 24 heavy (non-hydrogen) atoms. The molecule has 5 heteroatoms. The number of hydrogen-bond acceptors (Lipinski definition) is 4. The molecule has 0 aromatic heterocycles. The Balaban J connectivity index is 1.52. The number of aliphatic hydroxyl groups is 1. The normalized spacial score (nSPS) is 26.6. The van der Waals surface area contributed by atoms with E-state index in [2.05, 4.69) is 0 Å². The van der Waals surface area contributed by atoms with E-state index in [0.29, 0.717) is 6.61 Å². The zero-order valence-electron chi connectivity index (χ0n) is 13.3. The monoisotopic (exact) mass is 332 g/mol. The van der Waals surface area contributed by atoms with Crippen LogP contribution in [0, 0.1) is 0 Å². The van der Waals surface area contributed by atoms with Crippen LogP contribution in [0.5, 0.6) is 0 Å². The molecule has 2 aromatic carbocycles. The second-order valence-electron chi connectivity index (χ2n) is 5.77. The minimum Gasteiger partial charge on any atom is -0.374 e. The first-order valence-corrected chi connectivity index (χ1v) is 7.99. The van der Waals surface area contributed by atoms with Crippen molar-refractivity contribution in [3.05, 3.63) is 71.8 Å². The van der Waals surface area contributed by atoms with Crippen molar-refractivity contribution in [3.63, 3.8) is 0 Å². The summed E-state index contributed by atoms with van der Waals surface area (Å²) in [6.07, 6.45) is -4.55. The maximum atomic E-state index is 14.1. The van der Waals surface area contributed by atoms with Crippen LogP contribution >= 0.6 is 0 Å². The lowest BCUT2D eigenvalue weighted by Gasteiger charge is -2.20. The van der Waals surface area contributed by atoms with Crippen LogP contribution in [0.4, 0.5) is 4.39 Å². The third-order valence-corrected chi connectivity index (χ3v) is 3.95. The zero-order valence-corrected chi connectivity index (χ0v) is 13.3. The van der Waals surface area contributed by atoms with E-state index in [1.807, 2.05) is 60.7 Å². The molecule has 1 aliphatic rings. The van der Waals surface area contributed by atoms with Crippen molar-refractivity contribution in [1.82, 2.24) is 0 Å². The number of hydrogen-bond donors (Lipinski definition) is 1. The van der Waals surface area contributed by atoms with Gasteiger partial charge in [0, 0.05) is 0 Å². The molecule has 3 rings (SSSR count). The van der Waals surface area contributed by atoms with E-state index in [9.17, 15) is 9.50 Å². The Morgan fingerprint density at radius 1 is 0.917 bits per heavy atom. The number of benzene rings is 2. The van der Waals surface area contributed by atoms with Crippen LogP contribution < -0.4 is 0 Å². The van der Waals surface area contributed by atoms with Crippen molar-refractivity contribution in [2.24, 2.45) is 0 Å². The van der Waals surface area contributed by atoms with Gasteiger partial charge in [-0.05, 0) is 11.1 Å². The standard InChI is InChI=1S/C19H21FO4/c20-17-18(23-12-15-9-5-2-6-10-15)16(24-19(17)21)13-22-11-14-7-3-1-4-8-14/h1-10,16-19,21H,11-13H2/t16-,17+,18-,19?/m1/s1. The summed E-state index contributed by atoms with van der Waals surface area (Å²) < 4.78 is 30.6. The number of aliphatic hydroxyl groups excluding tert-OH is 1. The lowest BCUT2D eigenvalue weighted by Crippen LogP contribution is -2.34. The molecular formula is C19H21FO4. The third kappa shape index (κ3) is 4.39. The van der Waals surface area contributed by atoms with E-state index in [1.54, 1.807) is 0 Å². The molecule has 0 amide bonds. The van der Waals surface area contributed by atoms with Gasteiger partial charge in [0.15, 0.2) is 12.5 Å². The molecule has 4 atom stereocenters. The van der Waals surface area contributed by atoms with Gasteiger partial charge in [-0.3, -0.25) is 0 Å². The number of halogens is 1. The predicted molar refractivity (Wildman–Crippen MR) is 86.9 cm³/mol. The highest BCUT2D eigenvalue weighted by atomic mass is 19.1. The molecule has 0 aliphatic carbocycles. The number of alkyl halides is 1. The van der Waals surface area contributed by atoms with Crippen molar-refractivity contribution >= 4 is 0 Å². The van der Waals surface area contributed by atoms with Crippen molar-refractivity contribution in [3.8, 4) is 0 Å². The molecule has 0 saturated carbocycles. The fourth-order valence-electron chi connectivity index (χ4n) is 2.67. The summed E-state index contributed by atoms with van der Waals surface area (Å²) in [7, 11) is 0. The molecular weight excluding hydrogens is 311 g/mol. The summed E-state index contributed by atoms with van der Waals surface area (Å²) in [5.74, 6) is 0. The Morgan fingerprint density at radius 3 is 2.12 bits per heavy atom. The van der Waals surface area contributed by atoms with Crippen LogP contribution in [-0.4, -0.2) is 36.4 Å². The summed E-state index contributed by atoms with van der Waals surface area (Å²) in [5, 5.41) is 9.62. The smallest absolute Gasteiger partial charge is 0.189 e. The van der Waals surface area contributed by atoms with Gasteiger partial charge in [-0.15, -0.1) is 0 Å². The van der Waals surface area contributed by atoms with Crippen LogP contribution in [-0.2, 0) is 27.4 Å². The average Bonchev–Trinajstić information content (AvgIpc) is 2.89. The molecule has 128 valence electrons. The van der Waals surface area contributed by atoms with Gasteiger partial charge in [-0.25, -0.2) is 4.39 Å². The van der Waals surface area contributed by atoms with E-state index in [1.165, 1.54) is 0 Å². The lowest BCUT2D eigenvalue weighted by atomic mass is 10.1. The van der Waals surface area contributed by atoms with E-state index in [4.69, 9.17) is 14.2 Å². The first-order valence-electron chi connectivity index (χ1n) is 7.99. The van der Waals surface area contributed by atoms with Gasteiger partial charge < -0.3 is 19.3 Å². The Bertz CT molecular complexity index is 607. The van der Waals surface area contributed by atoms with E-state index in [-0.39, 0.29) is 13.2 Å². The number of rotatable bonds is 7. The maximum absolute atomic E-state index is 14.1. The van der Waals surface area contributed by atoms with Crippen molar-refractivity contribution < 1.29 is 23.7 Å². The van der Waals surface area contributed by atoms with Crippen LogP contribution in [0.1, 0.15) is 11.1 Å². The Morgan fingerprint density at radius 2 is 1.50 bits per heavy atom. The van der Waals surface area contributed by atoms with Crippen LogP contribution in [0.15, 0.2) is 60.7 Å². The van der Waals surface area contributed by atoms with Gasteiger partial charge in [-0.2, -0.15) is 0 Å². The van der Waals surface area contributed by atoms with Gasteiger partial charge in [0.25, 0.3) is 0 Å². The molecule has 0 bridgehead atoms. The molecule has 2 aromatic rings. The largest absolute Gasteiger partial charge is 0.374 e. The molecule has 1 N–H and O–H groups in total. The summed E-state index contributed by atoms with van der Waals surface area (Å²) in [5.41, 5.74) is 1.96. The maximum Gasteiger partial charge on any atom is 0.189 e. The van der Waals surface area contributed by atoms with Gasteiger partial charge in [0.1, 0.15) is 12.2 Å². The van der Waals surface area contributed by atoms with Crippen molar-refractivity contribution in [2.75, 3.05) is 6.61 Å². The third-order valence-electron chi connectivity index (χ3n) is 3.95. The average molecular weight is 332 g/mol. The molecule has 4 nitrogen and oxygen atoms in total. The first kappa shape index (κ1) is 17.0. The minimum atomic E-state index is -1.58. The van der Waals surface area contributed by atoms with Gasteiger partial charge in [0.2, 0.25) is 0 Å². The highest BCUT2D eigenvalue weighted by molar-refractivity contribution is 5.14. The Kier molecular flexibility index (Phi) is 5.93. The second-order valence-corrected chi connectivity index (χ2v) is 5.77. The Labute approximate surface area is 140 Å². The second kappa shape index (κ2) is 8.35. The molecule has 1 aliphatic heterocycles. The molecule has 1 heterocycles. The predicted octanol–water partition coefficient (Wildman–Crippen LogP) is 2.84. The zero-order chi connectivity index (χ0) is 16.8. The summed E-state index contributed by atoms with van der Waals surface area (Å²) in [6.45, 7) is 0.822. The summed E-state index contributed by atoms with van der Waals surface area (Å²) in [6, 6.07) is 19.2. The fraction of sp³-hybridized carbons (Fsp3) is 0.368.